The van der Waals surface area contributed by atoms with Gasteiger partial charge in [0.2, 0.25) is 5.91 Å². The highest BCUT2D eigenvalue weighted by Crippen LogP contribution is 2.09. The molecule has 0 aromatic carbocycles. The highest BCUT2D eigenvalue weighted by atomic mass is 32.1. The molecule has 0 spiro atoms. The number of amides is 1. The van der Waals surface area contributed by atoms with Crippen LogP contribution in [0.15, 0.2) is 5.38 Å². The fourth-order valence-electron chi connectivity index (χ4n) is 1.47. The molecular formula is C12H18N2O3S. The number of aromatic nitrogens is 1. The van der Waals surface area contributed by atoms with Crippen LogP contribution in [0, 0.1) is 0 Å². The monoisotopic (exact) mass is 270 g/mol. The number of rotatable bonds is 8. The van der Waals surface area contributed by atoms with Crippen LogP contribution in [0.1, 0.15) is 54.5 Å². The highest BCUT2D eigenvalue weighted by molar-refractivity contribution is 7.09. The van der Waals surface area contributed by atoms with E-state index in [0.29, 0.717) is 18.0 Å². The quantitative estimate of drug-likeness (QED) is 0.711. The van der Waals surface area contributed by atoms with Gasteiger partial charge in [-0.1, -0.05) is 26.2 Å². The van der Waals surface area contributed by atoms with Crippen molar-refractivity contribution in [2.24, 2.45) is 0 Å². The molecular weight excluding hydrogens is 252 g/mol. The zero-order valence-corrected chi connectivity index (χ0v) is 11.3. The minimum Gasteiger partial charge on any atom is -0.476 e. The van der Waals surface area contributed by atoms with Gasteiger partial charge >= 0.3 is 5.97 Å². The van der Waals surface area contributed by atoms with Gasteiger partial charge in [-0.25, -0.2) is 9.78 Å². The number of carbonyl (C=O) groups is 2. The van der Waals surface area contributed by atoms with Gasteiger partial charge in [-0.05, 0) is 6.42 Å². The lowest BCUT2D eigenvalue weighted by atomic mass is 10.1. The molecule has 0 saturated carbocycles. The summed E-state index contributed by atoms with van der Waals surface area (Å²) in [5.74, 6) is -1.04. The molecule has 18 heavy (non-hydrogen) atoms. The fraction of sp³-hybridized carbons (Fsp3) is 0.583. The van der Waals surface area contributed by atoms with E-state index in [0.717, 1.165) is 25.7 Å². The summed E-state index contributed by atoms with van der Waals surface area (Å²) in [4.78, 5) is 26.0. The molecule has 1 heterocycles. The van der Waals surface area contributed by atoms with Gasteiger partial charge in [0.1, 0.15) is 5.01 Å². The Labute approximate surface area is 110 Å². The molecule has 0 aliphatic rings. The number of carboxylic acids is 1. The van der Waals surface area contributed by atoms with Crippen molar-refractivity contribution in [3.8, 4) is 0 Å². The molecule has 2 N–H and O–H groups in total. The first kappa shape index (κ1) is 14.6. The molecule has 0 saturated heterocycles. The zero-order valence-electron chi connectivity index (χ0n) is 10.4. The summed E-state index contributed by atoms with van der Waals surface area (Å²) in [5, 5.41) is 13.5. The first-order chi connectivity index (χ1) is 8.63. The predicted molar refractivity (Wildman–Crippen MR) is 69.7 cm³/mol. The predicted octanol–water partition coefficient (Wildman–Crippen LogP) is 2.43. The average Bonchev–Trinajstić information content (AvgIpc) is 2.81. The van der Waals surface area contributed by atoms with Crippen LogP contribution < -0.4 is 5.32 Å². The van der Waals surface area contributed by atoms with Crippen molar-refractivity contribution in [2.45, 2.75) is 45.6 Å². The number of carbonyl (C=O) groups excluding carboxylic acids is 1. The first-order valence-electron chi connectivity index (χ1n) is 6.08. The Morgan fingerprint density at radius 1 is 1.39 bits per heavy atom. The summed E-state index contributed by atoms with van der Waals surface area (Å²) in [7, 11) is 0. The molecule has 0 unspecified atom stereocenters. The number of carboxylic acid groups (broad SMARTS) is 1. The van der Waals surface area contributed by atoms with Gasteiger partial charge in [0, 0.05) is 11.8 Å². The van der Waals surface area contributed by atoms with Crippen LogP contribution >= 0.6 is 11.3 Å². The van der Waals surface area contributed by atoms with Crippen LogP contribution in [-0.4, -0.2) is 22.0 Å². The van der Waals surface area contributed by atoms with Crippen LogP contribution in [0.3, 0.4) is 0 Å². The number of thiazole rings is 1. The summed E-state index contributed by atoms with van der Waals surface area (Å²) in [6, 6.07) is 0. The fourth-order valence-corrected chi connectivity index (χ4v) is 2.17. The highest BCUT2D eigenvalue weighted by Gasteiger charge is 2.09. The van der Waals surface area contributed by atoms with Crippen molar-refractivity contribution in [2.75, 3.05) is 0 Å². The second-order valence-electron chi connectivity index (χ2n) is 4.02. The Hall–Kier alpha value is -1.43. The Morgan fingerprint density at radius 3 is 2.78 bits per heavy atom. The lowest BCUT2D eigenvalue weighted by Gasteiger charge is -2.02. The Kier molecular flexibility index (Phi) is 6.35. The SMILES string of the molecule is CCCCCCC(=O)NCc1nc(C(=O)O)cs1. The van der Waals surface area contributed by atoms with E-state index in [1.807, 2.05) is 0 Å². The molecule has 0 aliphatic heterocycles. The largest absolute Gasteiger partial charge is 0.476 e. The third-order valence-corrected chi connectivity index (χ3v) is 3.31. The van der Waals surface area contributed by atoms with Crippen LogP contribution in [0.25, 0.3) is 0 Å². The van der Waals surface area contributed by atoms with E-state index in [-0.39, 0.29) is 11.6 Å². The number of hydrogen-bond acceptors (Lipinski definition) is 4. The lowest BCUT2D eigenvalue weighted by molar-refractivity contribution is -0.121. The maximum Gasteiger partial charge on any atom is 0.355 e. The molecule has 0 aliphatic carbocycles. The van der Waals surface area contributed by atoms with Gasteiger partial charge in [-0.3, -0.25) is 4.79 Å². The molecule has 1 rings (SSSR count). The number of hydrogen-bond donors (Lipinski definition) is 2. The van der Waals surface area contributed by atoms with Gasteiger partial charge in [0.15, 0.2) is 5.69 Å². The van der Waals surface area contributed by atoms with Crippen LogP contribution in [0.4, 0.5) is 0 Å². The summed E-state index contributed by atoms with van der Waals surface area (Å²) in [5.41, 5.74) is 0.0344. The first-order valence-corrected chi connectivity index (χ1v) is 6.95. The van der Waals surface area contributed by atoms with E-state index in [1.54, 1.807) is 0 Å². The average molecular weight is 270 g/mol. The Bertz CT molecular complexity index is 404. The van der Waals surface area contributed by atoms with Crippen molar-refractivity contribution in [1.82, 2.24) is 10.3 Å². The molecule has 6 heteroatoms. The molecule has 0 bridgehead atoms. The van der Waals surface area contributed by atoms with Gasteiger partial charge in [0.05, 0.1) is 6.54 Å². The van der Waals surface area contributed by atoms with E-state index in [4.69, 9.17) is 5.11 Å². The number of nitrogens with one attached hydrogen (secondary N) is 1. The van der Waals surface area contributed by atoms with E-state index in [2.05, 4.69) is 17.2 Å². The molecule has 1 aromatic rings. The summed E-state index contributed by atoms with van der Waals surface area (Å²) >= 11 is 1.25. The van der Waals surface area contributed by atoms with Crippen molar-refractivity contribution in [3.05, 3.63) is 16.1 Å². The smallest absolute Gasteiger partial charge is 0.355 e. The van der Waals surface area contributed by atoms with Gasteiger partial charge in [-0.15, -0.1) is 11.3 Å². The molecule has 5 nitrogen and oxygen atoms in total. The van der Waals surface area contributed by atoms with Gasteiger partial charge < -0.3 is 10.4 Å². The standard InChI is InChI=1S/C12H18N2O3S/c1-2-3-4-5-6-10(15)13-7-11-14-9(8-18-11)12(16)17/h8H,2-7H2,1H3,(H,13,15)(H,16,17). The molecule has 0 fully saturated rings. The van der Waals surface area contributed by atoms with Crippen molar-refractivity contribution in [1.29, 1.82) is 0 Å². The molecule has 0 radical (unpaired) electrons. The van der Waals surface area contributed by atoms with Crippen LogP contribution in [-0.2, 0) is 11.3 Å². The molecule has 1 amide bonds. The third kappa shape index (κ3) is 5.27. The maximum absolute atomic E-state index is 11.5. The molecule has 0 atom stereocenters. The summed E-state index contributed by atoms with van der Waals surface area (Å²) < 4.78 is 0. The number of unbranched alkanes of at least 4 members (excludes halogenated alkanes) is 3. The van der Waals surface area contributed by atoms with E-state index in [1.165, 1.54) is 16.7 Å². The minimum absolute atomic E-state index is 0.00169. The molecule has 1 aromatic heterocycles. The van der Waals surface area contributed by atoms with Crippen LogP contribution in [0.2, 0.25) is 0 Å². The van der Waals surface area contributed by atoms with Crippen molar-refractivity contribution in [3.63, 3.8) is 0 Å². The summed E-state index contributed by atoms with van der Waals surface area (Å²) in [6.07, 6.45) is 4.81. The van der Waals surface area contributed by atoms with E-state index in [9.17, 15) is 9.59 Å². The Morgan fingerprint density at radius 2 is 2.17 bits per heavy atom. The van der Waals surface area contributed by atoms with Crippen molar-refractivity contribution >= 4 is 23.2 Å². The number of nitrogens with zero attached hydrogens (tertiary/aromatic N) is 1. The third-order valence-electron chi connectivity index (χ3n) is 2.47. The lowest BCUT2D eigenvalue weighted by Crippen LogP contribution is -2.22. The number of aromatic carboxylic acids is 1. The normalized spacial score (nSPS) is 10.3. The minimum atomic E-state index is -1.04. The van der Waals surface area contributed by atoms with E-state index < -0.39 is 5.97 Å². The second kappa shape index (κ2) is 7.81. The second-order valence-corrected chi connectivity index (χ2v) is 4.96. The summed E-state index contributed by atoms with van der Waals surface area (Å²) in [6.45, 7) is 2.44. The maximum atomic E-state index is 11.5. The van der Waals surface area contributed by atoms with Gasteiger partial charge in [0.25, 0.3) is 0 Å². The Balaban J connectivity index is 2.23. The van der Waals surface area contributed by atoms with Crippen LogP contribution in [0.5, 0.6) is 0 Å². The van der Waals surface area contributed by atoms with Crippen molar-refractivity contribution < 1.29 is 14.7 Å². The topological polar surface area (TPSA) is 79.3 Å². The van der Waals surface area contributed by atoms with E-state index >= 15 is 0 Å². The zero-order chi connectivity index (χ0) is 13.4. The van der Waals surface area contributed by atoms with Gasteiger partial charge in [-0.2, -0.15) is 0 Å². The molecule has 100 valence electrons.